The van der Waals surface area contributed by atoms with Gasteiger partial charge in [-0.05, 0) is 132 Å². The lowest BCUT2D eigenvalue weighted by atomic mass is 9.99. The maximum Gasteiger partial charge on any atom is 0.407 e. The number of rotatable bonds is 8. The van der Waals surface area contributed by atoms with Gasteiger partial charge in [0.25, 0.3) is 0 Å². The van der Waals surface area contributed by atoms with E-state index in [0.29, 0.717) is 80.0 Å². The number of likely N-dealkylation sites (tertiary alicyclic amines) is 2. The number of fused-ring (bicyclic) bond motifs is 1. The number of aldehydes is 1. The number of amidine groups is 1. The molecule has 8 N–H and O–H groups in total. The van der Waals surface area contributed by atoms with Crippen LogP contribution in [0.1, 0.15) is 113 Å². The number of piperidine rings is 2. The molecule has 0 radical (unpaired) electrons. The van der Waals surface area contributed by atoms with Crippen molar-refractivity contribution in [3.05, 3.63) is 89.9 Å². The molecule has 2 saturated heterocycles. The van der Waals surface area contributed by atoms with Crippen molar-refractivity contribution in [3.8, 4) is 5.75 Å². The van der Waals surface area contributed by atoms with Gasteiger partial charge in [0.1, 0.15) is 39.8 Å². The number of nitrogens with zero attached hydrogens (tertiary/aromatic N) is 3. The minimum Gasteiger partial charge on any atom is -0.507 e. The van der Waals surface area contributed by atoms with E-state index < -0.39 is 70.9 Å². The summed E-state index contributed by atoms with van der Waals surface area (Å²) in [6.45, 7) is 23.2. The molecule has 3 aromatic rings. The third kappa shape index (κ3) is 18.5. The second-order valence-electron chi connectivity index (χ2n) is 22.1. The quantitative estimate of drug-likeness (QED) is 0.0635. The number of phenols is 1. The summed E-state index contributed by atoms with van der Waals surface area (Å²) in [4.78, 5) is 71.8. The van der Waals surface area contributed by atoms with E-state index in [1.54, 1.807) is 107 Å². The Morgan fingerprint density at radius 1 is 0.625 bits per heavy atom. The van der Waals surface area contributed by atoms with Crippen molar-refractivity contribution in [2.24, 2.45) is 4.99 Å². The number of aliphatic imine (C=N–C) groups is 1. The van der Waals surface area contributed by atoms with Gasteiger partial charge < -0.3 is 66.2 Å². The van der Waals surface area contributed by atoms with Crippen LogP contribution >= 0.6 is 0 Å². The van der Waals surface area contributed by atoms with Crippen LogP contribution in [0.25, 0.3) is 10.8 Å². The van der Waals surface area contributed by atoms with E-state index in [1.807, 2.05) is 53.5 Å². The fourth-order valence-corrected chi connectivity index (χ4v) is 8.11. The number of benzene rings is 3. The van der Waals surface area contributed by atoms with Gasteiger partial charge in [0.2, 0.25) is 0 Å². The SMILES string of the molecule is CC(C)(C)OC(=O)NC1CC(NC(=O)OC(C)(C)C)CN(C2=CCC(N3CC(NC(=O)OC(C)(C)C)CC(NC(=O)OC(C)(C)C)C3)=NC(Nc3ccc(N)cc3)=C2)C1.O=Cc1ccc2ccccc2c1O. The molecule has 0 aromatic heterocycles. The number of nitrogen functional groups attached to an aromatic ring is 1. The van der Waals surface area contributed by atoms with Gasteiger partial charge in [0.15, 0.2) is 6.29 Å². The van der Waals surface area contributed by atoms with Gasteiger partial charge in [-0.3, -0.25) is 4.79 Å². The Bertz CT molecular complexity index is 2420. The number of allylic oxidation sites excluding steroid dienone is 1. The second kappa shape index (κ2) is 23.4. The van der Waals surface area contributed by atoms with Gasteiger partial charge in [-0.15, -0.1) is 0 Å². The van der Waals surface area contributed by atoms with E-state index in [-0.39, 0.29) is 5.75 Å². The summed E-state index contributed by atoms with van der Waals surface area (Å²) in [5, 5.41) is 26.7. The number of nitrogens with two attached hydrogens (primary N) is 1. The molecule has 0 aliphatic carbocycles. The van der Waals surface area contributed by atoms with Crippen molar-refractivity contribution < 1.29 is 48.0 Å². The number of anilines is 2. The van der Waals surface area contributed by atoms with Crippen LogP contribution in [0.3, 0.4) is 0 Å². The molecule has 3 aromatic carbocycles. The van der Waals surface area contributed by atoms with Crippen molar-refractivity contribution in [3.63, 3.8) is 0 Å². The first-order valence-electron chi connectivity index (χ1n) is 24.3. The van der Waals surface area contributed by atoms with Gasteiger partial charge in [0, 0.05) is 61.1 Å². The summed E-state index contributed by atoms with van der Waals surface area (Å²) in [7, 11) is 0. The molecule has 6 rings (SSSR count). The summed E-state index contributed by atoms with van der Waals surface area (Å²) in [6.07, 6.45) is 3.60. The molecular weight excluding hydrogens is 923 g/mol. The number of phenolic OH excluding ortho intramolecular Hbond substituents is 1. The van der Waals surface area contributed by atoms with Crippen molar-refractivity contribution in [1.82, 2.24) is 31.1 Å². The molecule has 3 aliphatic heterocycles. The number of amides is 4. The fourth-order valence-electron chi connectivity index (χ4n) is 8.11. The van der Waals surface area contributed by atoms with E-state index in [4.69, 9.17) is 29.7 Å². The number of ether oxygens (including phenoxy) is 4. The Labute approximate surface area is 423 Å². The minimum atomic E-state index is -0.704. The largest absolute Gasteiger partial charge is 0.507 e. The topological polar surface area (TPSA) is 248 Å². The minimum absolute atomic E-state index is 0.0631. The van der Waals surface area contributed by atoms with Gasteiger partial charge in [-0.1, -0.05) is 36.4 Å². The standard InChI is InChI=1S/C42H67N9O8.C11H8O2/c1-39(2,3)56-35(52)45-28-19-29(46-36(53)57-40(4,5)6)23-50(22-28)32-17-18-34(49-33(21-32)44-27-15-13-26(43)14-16-27)51-24-30(47-37(54)58-41(7,8)9)20-31(25-51)48-38(55)59-42(10,11)12;12-7-9-6-5-8-3-1-2-4-10(8)11(9)13/h13-17,21,28-31,44H,18-20,22-25,43H2,1-12H3,(H,45,52)(H,46,53)(H,47,54)(H,48,55);1-7,13H. The van der Waals surface area contributed by atoms with Gasteiger partial charge in [0.05, 0.1) is 29.7 Å². The molecule has 3 heterocycles. The molecule has 4 atom stereocenters. The monoisotopic (exact) mass is 998 g/mol. The van der Waals surface area contributed by atoms with Crippen LogP contribution < -0.4 is 32.3 Å². The molecule has 19 heteroatoms. The first-order chi connectivity index (χ1) is 33.5. The van der Waals surface area contributed by atoms with Crippen LogP contribution in [0, 0.1) is 0 Å². The number of hydrogen-bond acceptors (Lipinski definition) is 15. The first-order valence-corrected chi connectivity index (χ1v) is 24.3. The van der Waals surface area contributed by atoms with E-state index in [9.17, 15) is 29.1 Å². The maximum absolute atomic E-state index is 13.0. The number of carbonyl (C=O) groups excluding carboxylic acids is 5. The molecule has 0 saturated carbocycles. The van der Waals surface area contributed by atoms with E-state index in [2.05, 4.69) is 31.5 Å². The first kappa shape index (κ1) is 55.7. The van der Waals surface area contributed by atoms with E-state index in [1.165, 1.54) is 0 Å². The number of carbonyl (C=O) groups is 5. The smallest absolute Gasteiger partial charge is 0.407 e. The average Bonchev–Trinajstić information content (AvgIpc) is 3.45. The maximum atomic E-state index is 13.0. The Kier molecular flexibility index (Phi) is 18.1. The molecule has 3 aliphatic rings. The van der Waals surface area contributed by atoms with Gasteiger partial charge >= 0.3 is 24.4 Å². The molecule has 2 fully saturated rings. The second-order valence-corrected chi connectivity index (χ2v) is 22.1. The Morgan fingerprint density at radius 3 is 1.49 bits per heavy atom. The average molecular weight is 998 g/mol. The zero-order valence-electron chi connectivity index (χ0n) is 43.8. The van der Waals surface area contributed by atoms with Crippen LogP contribution in [-0.4, -0.2) is 124 Å². The predicted octanol–water partition coefficient (Wildman–Crippen LogP) is 8.55. The summed E-state index contributed by atoms with van der Waals surface area (Å²) >= 11 is 0. The fraction of sp³-hybridized carbons (Fsp3) is 0.509. The molecule has 392 valence electrons. The summed E-state index contributed by atoms with van der Waals surface area (Å²) in [5.74, 6) is 1.24. The molecule has 0 bridgehead atoms. The van der Waals surface area contributed by atoms with Crippen LogP contribution in [0.5, 0.6) is 5.75 Å². The molecule has 72 heavy (non-hydrogen) atoms. The highest BCUT2D eigenvalue weighted by molar-refractivity contribution is 5.95. The lowest BCUT2D eigenvalue weighted by Crippen LogP contribution is -2.59. The summed E-state index contributed by atoms with van der Waals surface area (Å²) in [6, 6.07) is 16.5. The lowest BCUT2D eigenvalue weighted by Gasteiger charge is -2.40. The van der Waals surface area contributed by atoms with Crippen LogP contribution in [-0.2, 0) is 18.9 Å². The zero-order valence-corrected chi connectivity index (χ0v) is 43.8. The van der Waals surface area contributed by atoms with Crippen molar-refractivity contribution >= 4 is 58.6 Å². The van der Waals surface area contributed by atoms with Gasteiger partial charge in [-0.25, -0.2) is 24.2 Å². The number of aromatic hydroxyl groups is 1. The van der Waals surface area contributed by atoms with Gasteiger partial charge in [-0.2, -0.15) is 0 Å². The van der Waals surface area contributed by atoms with Crippen molar-refractivity contribution in [1.29, 1.82) is 0 Å². The zero-order chi connectivity index (χ0) is 53.2. The van der Waals surface area contributed by atoms with Crippen LogP contribution in [0.15, 0.2) is 89.3 Å². The predicted molar refractivity (Wildman–Crippen MR) is 279 cm³/mol. The summed E-state index contributed by atoms with van der Waals surface area (Å²) < 4.78 is 22.4. The molecule has 4 amide bonds. The Balaban J connectivity index is 0.000000634. The van der Waals surface area contributed by atoms with Crippen molar-refractivity contribution in [2.75, 3.05) is 37.2 Å². The summed E-state index contributed by atoms with van der Waals surface area (Å²) in [5.41, 5.74) is 5.66. The molecule has 4 unspecified atom stereocenters. The number of hydrogen-bond donors (Lipinski definition) is 7. The third-order valence-electron chi connectivity index (χ3n) is 10.8. The normalized spacial score (nSPS) is 19.6. The lowest BCUT2D eigenvalue weighted by molar-refractivity contribution is 0.0414. The highest BCUT2D eigenvalue weighted by Gasteiger charge is 2.36. The highest BCUT2D eigenvalue weighted by Crippen LogP contribution is 2.28. The third-order valence-corrected chi connectivity index (χ3v) is 10.8. The Morgan fingerprint density at radius 2 is 1.06 bits per heavy atom. The molecule has 0 spiro atoms. The molecule has 19 nitrogen and oxygen atoms in total. The molecular formula is C53H75N9O10. The Hall–Kier alpha value is -7.18. The number of alkyl carbamates (subject to hydrolysis) is 4. The van der Waals surface area contributed by atoms with Crippen molar-refractivity contribution in [2.45, 2.75) is 149 Å². The van der Waals surface area contributed by atoms with E-state index >= 15 is 0 Å². The van der Waals surface area contributed by atoms with Crippen LogP contribution in [0.2, 0.25) is 0 Å². The number of nitrogens with one attached hydrogen (secondary N) is 5. The highest BCUT2D eigenvalue weighted by atomic mass is 16.6. The van der Waals surface area contributed by atoms with Crippen LogP contribution in [0.4, 0.5) is 30.6 Å². The van der Waals surface area contributed by atoms with E-state index in [0.717, 1.165) is 16.8 Å².